The standard InChI is InChI=1S/C21H22N2O2S2/c1-14-6-5-9-18-19(14)22-21(27-18)25-15-10-12-23(13-11-15)20(24)16-7-3-4-8-17(16)26-2/h3-9,15H,10-13H2,1-2H3. The third kappa shape index (κ3) is 3.82. The molecule has 0 saturated carbocycles. The van der Waals surface area contributed by atoms with E-state index in [1.807, 2.05) is 35.4 Å². The van der Waals surface area contributed by atoms with Gasteiger partial charge in [-0.25, -0.2) is 4.98 Å². The molecule has 0 N–H and O–H groups in total. The Morgan fingerprint density at radius 2 is 1.96 bits per heavy atom. The van der Waals surface area contributed by atoms with Gasteiger partial charge in [0, 0.05) is 30.8 Å². The van der Waals surface area contributed by atoms with Crippen molar-refractivity contribution in [1.29, 1.82) is 0 Å². The fourth-order valence-corrected chi connectivity index (χ4v) is 4.98. The second-order valence-electron chi connectivity index (χ2n) is 6.71. The van der Waals surface area contributed by atoms with Gasteiger partial charge in [-0.2, -0.15) is 0 Å². The number of aromatic nitrogens is 1. The Morgan fingerprint density at radius 3 is 2.70 bits per heavy atom. The van der Waals surface area contributed by atoms with Crippen LogP contribution in [0.2, 0.25) is 0 Å². The van der Waals surface area contributed by atoms with Crippen LogP contribution in [0.15, 0.2) is 47.4 Å². The summed E-state index contributed by atoms with van der Waals surface area (Å²) in [4.78, 5) is 20.5. The summed E-state index contributed by atoms with van der Waals surface area (Å²) < 4.78 is 7.30. The molecule has 1 aliphatic heterocycles. The molecule has 0 atom stereocenters. The topological polar surface area (TPSA) is 42.4 Å². The summed E-state index contributed by atoms with van der Waals surface area (Å²) in [5, 5.41) is 0.733. The molecule has 0 unspecified atom stereocenters. The molecule has 0 bridgehead atoms. The first-order valence-electron chi connectivity index (χ1n) is 9.11. The molecule has 6 heteroatoms. The number of thiazole rings is 1. The number of carbonyl (C=O) groups is 1. The fourth-order valence-electron chi connectivity index (χ4n) is 3.43. The van der Waals surface area contributed by atoms with Crippen molar-refractivity contribution in [3.8, 4) is 5.19 Å². The van der Waals surface area contributed by atoms with Crippen molar-refractivity contribution in [2.75, 3.05) is 19.3 Å². The lowest BCUT2D eigenvalue weighted by molar-refractivity contribution is 0.0592. The highest BCUT2D eigenvalue weighted by Crippen LogP contribution is 2.31. The number of piperidine rings is 1. The van der Waals surface area contributed by atoms with Crippen molar-refractivity contribution in [1.82, 2.24) is 9.88 Å². The van der Waals surface area contributed by atoms with E-state index in [1.54, 1.807) is 23.1 Å². The van der Waals surface area contributed by atoms with Gasteiger partial charge < -0.3 is 9.64 Å². The average molecular weight is 399 g/mol. The smallest absolute Gasteiger partial charge is 0.274 e. The van der Waals surface area contributed by atoms with Crippen LogP contribution in [0, 0.1) is 6.92 Å². The second-order valence-corrected chi connectivity index (χ2v) is 8.55. The Balaban J connectivity index is 1.39. The Morgan fingerprint density at radius 1 is 1.19 bits per heavy atom. The molecule has 0 spiro atoms. The van der Waals surface area contributed by atoms with Crippen LogP contribution in [0.1, 0.15) is 28.8 Å². The number of aryl methyl sites for hydroxylation is 1. The maximum Gasteiger partial charge on any atom is 0.274 e. The number of amides is 1. The molecular weight excluding hydrogens is 376 g/mol. The summed E-state index contributed by atoms with van der Waals surface area (Å²) in [6, 6.07) is 14.0. The molecule has 2 aromatic carbocycles. The molecule has 4 nitrogen and oxygen atoms in total. The molecular formula is C21H22N2O2S2. The van der Waals surface area contributed by atoms with Gasteiger partial charge >= 0.3 is 0 Å². The van der Waals surface area contributed by atoms with Gasteiger partial charge in [0.25, 0.3) is 11.1 Å². The fraction of sp³-hybridized carbons (Fsp3) is 0.333. The summed E-state index contributed by atoms with van der Waals surface area (Å²) >= 11 is 3.21. The number of fused-ring (bicyclic) bond motifs is 1. The minimum absolute atomic E-state index is 0.116. The number of ether oxygens (including phenoxy) is 1. The second kappa shape index (κ2) is 7.90. The molecule has 140 valence electrons. The Bertz CT molecular complexity index is 962. The maximum atomic E-state index is 12.9. The average Bonchev–Trinajstić information content (AvgIpc) is 3.12. The van der Waals surface area contributed by atoms with E-state index in [0.717, 1.165) is 51.8 Å². The van der Waals surface area contributed by atoms with E-state index in [4.69, 9.17) is 4.74 Å². The number of thioether (sulfide) groups is 1. The van der Waals surface area contributed by atoms with Gasteiger partial charge in [0.15, 0.2) is 0 Å². The molecule has 0 aliphatic carbocycles. The number of carbonyl (C=O) groups excluding carboxylic acids is 1. The predicted molar refractivity (Wildman–Crippen MR) is 112 cm³/mol. The lowest BCUT2D eigenvalue weighted by atomic mass is 10.1. The van der Waals surface area contributed by atoms with E-state index in [2.05, 4.69) is 30.1 Å². The van der Waals surface area contributed by atoms with E-state index in [9.17, 15) is 4.79 Å². The Hall–Kier alpha value is -2.05. The van der Waals surface area contributed by atoms with Crippen molar-refractivity contribution in [3.05, 3.63) is 53.6 Å². The molecule has 27 heavy (non-hydrogen) atoms. The van der Waals surface area contributed by atoms with Crippen LogP contribution in [-0.2, 0) is 0 Å². The quantitative estimate of drug-likeness (QED) is 0.579. The number of likely N-dealkylation sites (tertiary alicyclic amines) is 1. The zero-order chi connectivity index (χ0) is 18.8. The molecule has 2 heterocycles. The summed E-state index contributed by atoms with van der Waals surface area (Å²) in [6.07, 6.45) is 3.79. The van der Waals surface area contributed by atoms with Crippen LogP contribution in [0.3, 0.4) is 0 Å². The van der Waals surface area contributed by atoms with Crippen molar-refractivity contribution in [2.45, 2.75) is 30.8 Å². The number of rotatable bonds is 4. The van der Waals surface area contributed by atoms with Gasteiger partial charge in [-0.3, -0.25) is 4.79 Å². The van der Waals surface area contributed by atoms with E-state index in [1.165, 1.54) is 5.56 Å². The van der Waals surface area contributed by atoms with E-state index in [0.29, 0.717) is 0 Å². The highest BCUT2D eigenvalue weighted by atomic mass is 32.2. The van der Waals surface area contributed by atoms with E-state index in [-0.39, 0.29) is 12.0 Å². The van der Waals surface area contributed by atoms with Gasteiger partial charge in [-0.1, -0.05) is 35.6 Å². The van der Waals surface area contributed by atoms with E-state index >= 15 is 0 Å². The predicted octanol–water partition coefficient (Wildman–Crippen LogP) is 5.01. The Labute approximate surface area is 167 Å². The minimum Gasteiger partial charge on any atom is -0.467 e. The van der Waals surface area contributed by atoms with Crippen molar-refractivity contribution in [3.63, 3.8) is 0 Å². The lowest BCUT2D eigenvalue weighted by Crippen LogP contribution is -2.41. The SMILES string of the molecule is CSc1ccccc1C(=O)N1CCC(Oc2nc3c(C)cccc3s2)CC1. The molecule has 1 fully saturated rings. The number of hydrogen-bond acceptors (Lipinski definition) is 5. The van der Waals surface area contributed by atoms with Gasteiger partial charge in [0.1, 0.15) is 6.10 Å². The first-order chi connectivity index (χ1) is 13.2. The molecule has 4 rings (SSSR count). The highest BCUT2D eigenvalue weighted by molar-refractivity contribution is 7.98. The molecule has 3 aromatic rings. The zero-order valence-electron chi connectivity index (χ0n) is 15.5. The van der Waals surface area contributed by atoms with Gasteiger partial charge in [0.05, 0.1) is 15.8 Å². The molecule has 1 aliphatic rings. The lowest BCUT2D eigenvalue weighted by Gasteiger charge is -2.32. The summed E-state index contributed by atoms with van der Waals surface area (Å²) in [5.74, 6) is 0.119. The van der Waals surface area contributed by atoms with Gasteiger partial charge in [-0.05, 0) is 36.9 Å². The first-order valence-corrected chi connectivity index (χ1v) is 11.1. The number of nitrogens with zero attached hydrogens (tertiary/aromatic N) is 2. The monoisotopic (exact) mass is 398 g/mol. The van der Waals surface area contributed by atoms with Crippen LogP contribution >= 0.6 is 23.1 Å². The molecule has 0 radical (unpaired) electrons. The number of hydrogen-bond donors (Lipinski definition) is 0. The zero-order valence-corrected chi connectivity index (χ0v) is 17.1. The normalized spacial score (nSPS) is 15.3. The maximum absolute atomic E-state index is 12.9. The van der Waals surface area contributed by atoms with Crippen molar-refractivity contribution >= 4 is 39.2 Å². The van der Waals surface area contributed by atoms with Crippen LogP contribution in [0.25, 0.3) is 10.2 Å². The van der Waals surface area contributed by atoms with Gasteiger partial charge in [0.2, 0.25) is 0 Å². The molecule has 1 aromatic heterocycles. The third-order valence-corrected chi connectivity index (χ3v) is 6.64. The highest BCUT2D eigenvalue weighted by Gasteiger charge is 2.26. The van der Waals surface area contributed by atoms with Crippen LogP contribution in [0.4, 0.5) is 0 Å². The van der Waals surface area contributed by atoms with Gasteiger partial charge in [-0.15, -0.1) is 11.8 Å². The summed E-state index contributed by atoms with van der Waals surface area (Å²) in [7, 11) is 0. The van der Waals surface area contributed by atoms with Crippen LogP contribution < -0.4 is 4.74 Å². The number of benzene rings is 2. The Kier molecular flexibility index (Phi) is 5.36. The van der Waals surface area contributed by atoms with E-state index < -0.39 is 0 Å². The molecule has 1 amide bonds. The van der Waals surface area contributed by atoms with Crippen LogP contribution in [-0.4, -0.2) is 41.2 Å². The third-order valence-electron chi connectivity index (χ3n) is 4.94. The summed E-state index contributed by atoms with van der Waals surface area (Å²) in [5.41, 5.74) is 3.00. The largest absolute Gasteiger partial charge is 0.467 e. The first kappa shape index (κ1) is 18.3. The van der Waals surface area contributed by atoms with Crippen molar-refractivity contribution < 1.29 is 9.53 Å². The minimum atomic E-state index is 0.116. The van der Waals surface area contributed by atoms with Crippen LogP contribution in [0.5, 0.6) is 5.19 Å². The van der Waals surface area contributed by atoms with Crippen molar-refractivity contribution in [2.24, 2.45) is 0 Å². The summed E-state index contributed by atoms with van der Waals surface area (Å²) in [6.45, 7) is 3.51. The molecule has 1 saturated heterocycles. The number of para-hydroxylation sites is 1.